The molecule has 20 heavy (non-hydrogen) atoms. The van der Waals surface area contributed by atoms with Crippen molar-refractivity contribution in [1.82, 2.24) is 5.16 Å². The largest absolute Gasteiger partial charge is 0.497 e. The number of benzene rings is 1. The van der Waals surface area contributed by atoms with Gasteiger partial charge in [0.2, 0.25) is 0 Å². The zero-order valence-corrected chi connectivity index (χ0v) is 11.5. The van der Waals surface area contributed by atoms with Crippen molar-refractivity contribution in [3.8, 4) is 22.8 Å². The zero-order valence-electron chi connectivity index (χ0n) is 11.5. The van der Waals surface area contributed by atoms with Gasteiger partial charge in [0.15, 0.2) is 11.5 Å². The predicted octanol–water partition coefficient (Wildman–Crippen LogP) is 2.62. The van der Waals surface area contributed by atoms with Crippen molar-refractivity contribution in [2.24, 2.45) is 0 Å². The number of nitrogens with zero attached hydrogens (tertiary/aromatic N) is 1. The average molecular weight is 277 g/mol. The molecule has 2 aromatic rings. The molecule has 0 saturated carbocycles. The van der Waals surface area contributed by atoms with Crippen LogP contribution >= 0.6 is 0 Å². The summed E-state index contributed by atoms with van der Waals surface area (Å²) < 4.78 is 15.7. The summed E-state index contributed by atoms with van der Waals surface area (Å²) in [5.74, 6) is 0.502. The third-order valence-electron chi connectivity index (χ3n) is 2.99. The fourth-order valence-electron chi connectivity index (χ4n) is 2.01. The molecule has 0 aliphatic rings. The number of aromatic nitrogens is 1. The third-order valence-corrected chi connectivity index (χ3v) is 2.99. The van der Waals surface area contributed by atoms with Gasteiger partial charge in [-0.2, -0.15) is 0 Å². The summed E-state index contributed by atoms with van der Waals surface area (Å²) in [7, 11) is 3.12. The van der Waals surface area contributed by atoms with Gasteiger partial charge in [0.05, 0.1) is 14.2 Å². The summed E-state index contributed by atoms with van der Waals surface area (Å²) >= 11 is 0. The minimum absolute atomic E-state index is 0.135. The lowest BCUT2D eigenvalue weighted by molar-refractivity contribution is 0.0686. The summed E-state index contributed by atoms with van der Waals surface area (Å²) in [6, 6.07) is 4.93. The molecule has 1 aromatic carbocycles. The number of rotatable bonds is 5. The number of carboxylic acid groups (broad SMARTS) is 1. The van der Waals surface area contributed by atoms with Crippen LogP contribution in [0.1, 0.15) is 23.0 Å². The predicted molar refractivity (Wildman–Crippen MR) is 71.4 cm³/mol. The molecule has 0 atom stereocenters. The molecule has 0 aliphatic heterocycles. The van der Waals surface area contributed by atoms with Crippen LogP contribution in [0.15, 0.2) is 22.7 Å². The fourth-order valence-corrected chi connectivity index (χ4v) is 2.01. The maximum absolute atomic E-state index is 10.9. The monoisotopic (exact) mass is 277 g/mol. The Hall–Kier alpha value is -2.50. The van der Waals surface area contributed by atoms with E-state index in [4.69, 9.17) is 19.1 Å². The highest BCUT2D eigenvalue weighted by atomic mass is 16.5. The van der Waals surface area contributed by atoms with E-state index in [1.54, 1.807) is 26.4 Å². The second-order valence-corrected chi connectivity index (χ2v) is 4.09. The Labute approximate surface area is 115 Å². The molecule has 2 rings (SSSR count). The molecule has 6 heteroatoms. The molecule has 0 amide bonds. The lowest BCUT2D eigenvalue weighted by atomic mass is 10.0. The van der Waals surface area contributed by atoms with Gasteiger partial charge in [0.1, 0.15) is 11.5 Å². The first-order chi connectivity index (χ1) is 9.60. The van der Waals surface area contributed by atoms with E-state index in [0.717, 1.165) is 5.56 Å². The smallest absolute Gasteiger partial charge is 0.358 e. The van der Waals surface area contributed by atoms with E-state index >= 15 is 0 Å². The van der Waals surface area contributed by atoms with Crippen molar-refractivity contribution >= 4 is 5.97 Å². The molecule has 0 spiro atoms. The van der Waals surface area contributed by atoms with Crippen LogP contribution in [-0.2, 0) is 6.42 Å². The number of hydrogen-bond acceptors (Lipinski definition) is 5. The Kier molecular flexibility index (Phi) is 3.93. The Morgan fingerprint density at radius 2 is 2.05 bits per heavy atom. The first kappa shape index (κ1) is 13.9. The Morgan fingerprint density at radius 1 is 1.30 bits per heavy atom. The minimum atomic E-state index is -1.13. The van der Waals surface area contributed by atoms with Crippen LogP contribution in [0, 0.1) is 0 Å². The molecule has 1 N–H and O–H groups in total. The Bertz CT molecular complexity index is 632. The topological polar surface area (TPSA) is 81.8 Å². The maximum atomic E-state index is 10.9. The quantitative estimate of drug-likeness (QED) is 0.904. The molecule has 0 saturated heterocycles. The molecule has 0 aliphatic carbocycles. The molecule has 0 bridgehead atoms. The average Bonchev–Trinajstić information content (AvgIpc) is 2.95. The molecule has 1 heterocycles. The van der Waals surface area contributed by atoms with E-state index < -0.39 is 5.97 Å². The first-order valence-corrected chi connectivity index (χ1v) is 6.06. The summed E-state index contributed by atoms with van der Waals surface area (Å²) in [6.45, 7) is 1.97. The van der Waals surface area contributed by atoms with Crippen molar-refractivity contribution in [3.63, 3.8) is 0 Å². The van der Waals surface area contributed by atoms with Crippen LogP contribution in [-0.4, -0.2) is 30.5 Å². The highest BCUT2D eigenvalue weighted by Crippen LogP contribution is 2.36. The maximum Gasteiger partial charge on any atom is 0.358 e. The zero-order chi connectivity index (χ0) is 14.7. The first-order valence-electron chi connectivity index (χ1n) is 6.06. The number of methoxy groups -OCH3 is 2. The van der Waals surface area contributed by atoms with Crippen LogP contribution in [0.25, 0.3) is 11.3 Å². The molecule has 106 valence electrons. The van der Waals surface area contributed by atoms with Crippen LogP contribution < -0.4 is 9.47 Å². The Morgan fingerprint density at radius 3 is 2.55 bits per heavy atom. The van der Waals surface area contributed by atoms with Crippen molar-refractivity contribution < 1.29 is 23.9 Å². The number of ether oxygens (including phenoxy) is 2. The normalized spacial score (nSPS) is 10.3. The van der Waals surface area contributed by atoms with E-state index in [9.17, 15) is 4.79 Å². The summed E-state index contributed by atoms with van der Waals surface area (Å²) in [4.78, 5) is 10.9. The molecule has 0 radical (unpaired) electrons. The SMILES string of the molecule is CCc1c(OC)cc(OC)cc1-c1cc(C(=O)O)no1. The number of carboxylic acids is 1. The standard InChI is InChI=1S/C14H15NO5/c1-4-9-10(5-8(18-2)6-12(9)19-3)13-7-11(14(16)17)15-20-13/h5-7H,4H2,1-3H3,(H,16,17). The van der Waals surface area contributed by atoms with Crippen molar-refractivity contribution in [1.29, 1.82) is 0 Å². The van der Waals surface area contributed by atoms with Crippen LogP contribution in [0.4, 0.5) is 0 Å². The van der Waals surface area contributed by atoms with Crippen LogP contribution in [0.5, 0.6) is 11.5 Å². The van der Waals surface area contributed by atoms with Crippen molar-refractivity contribution in [2.45, 2.75) is 13.3 Å². The van der Waals surface area contributed by atoms with E-state index in [1.165, 1.54) is 6.07 Å². The summed E-state index contributed by atoms with van der Waals surface area (Å²) in [5, 5.41) is 12.4. The minimum Gasteiger partial charge on any atom is -0.497 e. The summed E-state index contributed by atoms with van der Waals surface area (Å²) in [6.07, 6.45) is 0.700. The van der Waals surface area contributed by atoms with Gasteiger partial charge in [-0.25, -0.2) is 4.79 Å². The molecule has 0 unspecified atom stereocenters. The molecule has 6 nitrogen and oxygen atoms in total. The second kappa shape index (κ2) is 5.64. The van der Waals surface area contributed by atoms with Crippen molar-refractivity contribution in [2.75, 3.05) is 14.2 Å². The van der Waals surface area contributed by atoms with Crippen molar-refractivity contribution in [3.05, 3.63) is 29.5 Å². The van der Waals surface area contributed by atoms with Gasteiger partial charge < -0.3 is 19.1 Å². The Balaban J connectivity index is 2.60. The molecule has 0 fully saturated rings. The van der Waals surface area contributed by atoms with E-state index in [1.807, 2.05) is 6.92 Å². The van der Waals surface area contributed by atoms with E-state index in [-0.39, 0.29) is 5.69 Å². The van der Waals surface area contributed by atoms with Gasteiger partial charge in [-0.3, -0.25) is 0 Å². The van der Waals surface area contributed by atoms with E-state index in [2.05, 4.69) is 5.16 Å². The molecular weight excluding hydrogens is 262 g/mol. The third kappa shape index (κ3) is 2.45. The highest BCUT2D eigenvalue weighted by Gasteiger charge is 2.18. The summed E-state index contributed by atoms with van der Waals surface area (Å²) in [5.41, 5.74) is 1.48. The van der Waals surface area contributed by atoms with Gasteiger partial charge in [-0.05, 0) is 12.5 Å². The highest BCUT2D eigenvalue weighted by molar-refractivity contribution is 5.86. The lowest BCUT2D eigenvalue weighted by Crippen LogP contribution is -1.96. The number of hydrogen-bond donors (Lipinski definition) is 1. The fraction of sp³-hybridized carbons (Fsp3) is 0.286. The van der Waals surface area contributed by atoms with Gasteiger partial charge in [-0.15, -0.1) is 0 Å². The van der Waals surface area contributed by atoms with Gasteiger partial charge in [0, 0.05) is 23.3 Å². The van der Waals surface area contributed by atoms with Crippen LogP contribution in [0.3, 0.4) is 0 Å². The lowest BCUT2D eigenvalue weighted by Gasteiger charge is -2.13. The number of aromatic carboxylic acids is 1. The second-order valence-electron chi connectivity index (χ2n) is 4.09. The number of carbonyl (C=O) groups is 1. The van der Waals surface area contributed by atoms with Gasteiger partial charge in [0.25, 0.3) is 0 Å². The van der Waals surface area contributed by atoms with E-state index in [0.29, 0.717) is 29.2 Å². The van der Waals surface area contributed by atoms with Gasteiger partial charge >= 0.3 is 5.97 Å². The van der Waals surface area contributed by atoms with Gasteiger partial charge in [-0.1, -0.05) is 12.1 Å². The van der Waals surface area contributed by atoms with Crippen LogP contribution in [0.2, 0.25) is 0 Å². The molecule has 1 aromatic heterocycles. The molecular formula is C14H15NO5.